The molecule has 4 nitrogen and oxygen atoms in total. The highest BCUT2D eigenvalue weighted by atomic mass is 32.2. The van der Waals surface area contributed by atoms with E-state index in [0.29, 0.717) is 11.7 Å². The summed E-state index contributed by atoms with van der Waals surface area (Å²) in [5, 5.41) is 3.71. The van der Waals surface area contributed by atoms with Crippen molar-refractivity contribution in [3.63, 3.8) is 0 Å². The summed E-state index contributed by atoms with van der Waals surface area (Å²) in [6.07, 6.45) is 6.70. The summed E-state index contributed by atoms with van der Waals surface area (Å²) in [4.78, 5) is 4.82. The molecule has 0 N–H and O–H groups in total. The molecule has 1 atom stereocenters. The van der Waals surface area contributed by atoms with Crippen LogP contribution in [0.5, 0.6) is 0 Å². The highest BCUT2D eigenvalue weighted by molar-refractivity contribution is 7.90. The molecule has 0 saturated carbocycles. The second kappa shape index (κ2) is 6.04. The lowest BCUT2D eigenvalue weighted by atomic mass is 10.0. The van der Waals surface area contributed by atoms with Crippen molar-refractivity contribution in [1.29, 1.82) is 0 Å². The normalized spacial score (nSPS) is 13.3. The lowest BCUT2D eigenvalue weighted by molar-refractivity contribution is 0.415. The molecule has 0 saturated heterocycles. The fourth-order valence-corrected chi connectivity index (χ4v) is 2.69. The molecule has 0 bridgehead atoms. The van der Waals surface area contributed by atoms with Crippen molar-refractivity contribution in [1.82, 2.24) is 10.1 Å². The SMILES string of the molecule is CC(C)c1cc(C=Cc2ncon2)ccc1[S+](C)[O-]. The van der Waals surface area contributed by atoms with Crippen LogP contribution in [0, 0.1) is 0 Å². The van der Waals surface area contributed by atoms with Gasteiger partial charge in [-0.25, -0.2) is 0 Å². The zero-order valence-corrected chi connectivity index (χ0v) is 12.0. The molecular formula is C14H16N2O2S. The van der Waals surface area contributed by atoms with Crippen LogP contribution in [0.1, 0.15) is 36.7 Å². The minimum atomic E-state index is -0.967. The Labute approximate surface area is 115 Å². The van der Waals surface area contributed by atoms with Crippen LogP contribution in [0.15, 0.2) is 34.0 Å². The van der Waals surface area contributed by atoms with Gasteiger partial charge in [-0.15, -0.1) is 0 Å². The highest BCUT2D eigenvalue weighted by Crippen LogP contribution is 2.25. The molecule has 19 heavy (non-hydrogen) atoms. The first-order valence-electron chi connectivity index (χ1n) is 5.99. The van der Waals surface area contributed by atoms with E-state index in [2.05, 4.69) is 34.6 Å². The molecule has 0 spiro atoms. The summed E-state index contributed by atoms with van der Waals surface area (Å²) in [5.74, 6) is 0.867. The maximum absolute atomic E-state index is 11.7. The van der Waals surface area contributed by atoms with Crippen molar-refractivity contribution in [2.24, 2.45) is 0 Å². The molecule has 1 heterocycles. The summed E-state index contributed by atoms with van der Waals surface area (Å²) in [6.45, 7) is 4.19. The summed E-state index contributed by atoms with van der Waals surface area (Å²) in [5.41, 5.74) is 2.14. The largest absolute Gasteiger partial charge is 0.612 e. The van der Waals surface area contributed by atoms with Crippen LogP contribution in [0.2, 0.25) is 0 Å². The monoisotopic (exact) mass is 276 g/mol. The molecule has 2 rings (SSSR count). The average molecular weight is 276 g/mol. The van der Waals surface area contributed by atoms with Crippen LogP contribution in [0.3, 0.4) is 0 Å². The van der Waals surface area contributed by atoms with Crippen molar-refractivity contribution in [2.45, 2.75) is 24.7 Å². The Hall–Kier alpha value is -1.59. The third kappa shape index (κ3) is 3.45. The lowest BCUT2D eigenvalue weighted by Gasteiger charge is -2.13. The van der Waals surface area contributed by atoms with E-state index in [9.17, 15) is 4.55 Å². The predicted molar refractivity (Wildman–Crippen MR) is 76.1 cm³/mol. The van der Waals surface area contributed by atoms with Gasteiger partial charge in [-0.1, -0.05) is 25.1 Å². The molecule has 1 aromatic heterocycles. The van der Waals surface area contributed by atoms with Crippen molar-refractivity contribution >= 4 is 23.3 Å². The molecule has 0 aliphatic rings. The predicted octanol–water partition coefficient (Wildman–Crippen LogP) is 3.10. The Balaban J connectivity index is 2.30. The van der Waals surface area contributed by atoms with E-state index in [1.165, 1.54) is 6.39 Å². The van der Waals surface area contributed by atoms with E-state index in [-0.39, 0.29) is 0 Å². The molecular weight excluding hydrogens is 260 g/mol. The van der Waals surface area contributed by atoms with Crippen molar-refractivity contribution in [3.8, 4) is 0 Å². The molecule has 1 aromatic carbocycles. The van der Waals surface area contributed by atoms with E-state index < -0.39 is 11.2 Å². The Kier molecular flexibility index (Phi) is 4.39. The van der Waals surface area contributed by atoms with Crippen LogP contribution in [0.25, 0.3) is 12.2 Å². The van der Waals surface area contributed by atoms with Gasteiger partial charge in [0.15, 0.2) is 10.7 Å². The third-order valence-corrected chi connectivity index (χ3v) is 3.76. The van der Waals surface area contributed by atoms with E-state index in [1.807, 2.05) is 18.2 Å². The summed E-state index contributed by atoms with van der Waals surface area (Å²) < 4.78 is 16.4. The number of aromatic nitrogens is 2. The molecule has 0 fully saturated rings. The molecule has 2 aromatic rings. The van der Waals surface area contributed by atoms with E-state index in [4.69, 9.17) is 0 Å². The summed E-state index contributed by atoms with van der Waals surface area (Å²) >= 11 is -0.967. The van der Waals surface area contributed by atoms with Crippen LogP contribution >= 0.6 is 0 Å². The molecule has 0 radical (unpaired) electrons. The minimum absolute atomic E-state index is 0.331. The number of nitrogens with zero attached hydrogens (tertiary/aromatic N) is 2. The summed E-state index contributed by atoms with van der Waals surface area (Å²) in [7, 11) is 0. The fourth-order valence-electron chi connectivity index (χ4n) is 1.81. The standard InChI is InChI=1S/C14H16N2O2S/c1-10(2)12-8-11(4-6-13(12)19(3)17)5-7-14-15-9-18-16-14/h4-10H,1-3H3. The van der Waals surface area contributed by atoms with Gasteiger partial charge < -0.3 is 9.08 Å². The van der Waals surface area contributed by atoms with E-state index in [0.717, 1.165) is 16.0 Å². The molecule has 5 heteroatoms. The van der Waals surface area contributed by atoms with E-state index >= 15 is 0 Å². The molecule has 0 aliphatic heterocycles. The first-order chi connectivity index (χ1) is 9.08. The minimum Gasteiger partial charge on any atom is -0.612 e. The number of rotatable bonds is 4. The van der Waals surface area contributed by atoms with Gasteiger partial charge in [0.05, 0.1) is 0 Å². The fraction of sp³-hybridized carbons (Fsp3) is 0.286. The molecule has 0 aliphatic carbocycles. The molecule has 100 valence electrons. The Morgan fingerprint density at radius 1 is 1.32 bits per heavy atom. The second-order valence-corrected chi connectivity index (χ2v) is 5.88. The Bertz CT molecular complexity index is 563. The van der Waals surface area contributed by atoms with Gasteiger partial charge >= 0.3 is 0 Å². The lowest BCUT2D eigenvalue weighted by Crippen LogP contribution is -2.04. The Morgan fingerprint density at radius 2 is 2.11 bits per heavy atom. The average Bonchev–Trinajstić information content (AvgIpc) is 2.88. The third-order valence-electron chi connectivity index (χ3n) is 2.77. The van der Waals surface area contributed by atoms with Crippen LogP contribution < -0.4 is 0 Å². The van der Waals surface area contributed by atoms with Gasteiger partial charge in [0, 0.05) is 5.56 Å². The first-order valence-corrected chi connectivity index (χ1v) is 7.55. The van der Waals surface area contributed by atoms with E-state index in [1.54, 1.807) is 12.3 Å². The topological polar surface area (TPSA) is 62.0 Å². The highest BCUT2D eigenvalue weighted by Gasteiger charge is 2.14. The maximum atomic E-state index is 11.7. The summed E-state index contributed by atoms with van der Waals surface area (Å²) in [6, 6.07) is 5.92. The number of benzene rings is 1. The van der Waals surface area contributed by atoms with Crippen molar-refractivity contribution in [2.75, 3.05) is 6.26 Å². The van der Waals surface area contributed by atoms with Crippen molar-refractivity contribution in [3.05, 3.63) is 41.5 Å². The zero-order chi connectivity index (χ0) is 13.8. The van der Waals surface area contributed by atoms with Crippen LogP contribution in [0.4, 0.5) is 0 Å². The number of hydrogen-bond acceptors (Lipinski definition) is 4. The van der Waals surface area contributed by atoms with Crippen LogP contribution in [-0.2, 0) is 11.2 Å². The molecule has 0 amide bonds. The van der Waals surface area contributed by atoms with Gasteiger partial charge in [-0.3, -0.25) is 0 Å². The number of hydrogen-bond donors (Lipinski definition) is 0. The van der Waals surface area contributed by atoms with Gasteiger partial charge in [-0.2, -0.15) is 4.98 Å². The first kappa shape index (κ1) is 13.8. The Morgan fingerprint density at radius 3 is 2.68 bits per heavy atom. The van der Waals surface area contributed by atoms with Crippen molar-refractivity contribution < 1.29 is 9.08 Å². The van der Waals surface area contributed by atoms with Gasteiger partial charge in [0.2, 0.25) is 6.39 Å². The molecule has 1 unspecified atom stereocenters. The van der Waals surface area contributed by atoms with Crippen LogP contribution in [-0.4, -0.2) is 20.9 Å². The smallest absolute Gasteiger partial charge is 0.214 e. The maximum Gasteiger partial charge on any atom is 0.214 e. The quantitative estimate of drug-likeness (QED) is 0.805. The second-order valence-electron chi connectivity index (χ2n) is 4.53. The van der Waals surface area contributed by atoms with Gasteiger partial charge in [0.25, 0.3) is 0 Å². The van der Waals surface area contributed by atoms with Gasteiger partial charge in [-0.05, 0) is 46.9 Å². The zero-order valence-electron chi connectivity index (χ0n) is 11.2. The van der Waals surface area contributed by atoms with Gasteiger partial charge in [0.1, 0.15) is 6.26 Å².